The Hall–Kier alpha value is -0.580. The first kappa shape index (κ1) is 13.5. The number of hydrogen-bond donors (Lipinski definition) is 1. The second-order valence-corrected chi connectivity index (χ2v) is 4.96. The summed E-state index contributed by atoms with van der Waals surface area (Å²) < 4.78 is 5.62. The van der Waals surface area contributed by atoms with Crippen molar-refractivity contribution in [3.8, 4) is 0 Å². The molecule has 1 rings (SSSR count). The van der Waals surface area contributed by atoms with Gasteiger partial charge in [-0.1, -0.05) is 11.6 Å². The van der Waals surface area contributed by atoms with Gasteiger partial charge in [-0.2, -0.15) is 0 Å². The minimum absolute atomic E-state index is 0.162. The van der Waals surface area contributed by atoms with Gasteiger partial charge in [0.2, 0.25) is 0 Å². The van der Waals surface area contributed by atoms with Crippen LogP contribution in [0.1, 0.15) is 31.9 Å². The van der Waals surface area contributed by atoms with Crippen LogP contribution < -0.4 is 5.32 Å². The topological polar surface area (TPSA) is 38.3 Å². The van der Waals surface area contributed by atoms with Crippen LogP contribution in [0.5, 0.6) is 0 Å². The van der Waals surface area contributed by atoms with Gasteiger partial charge in [-0.05, 0) is 30.9 Å². The van der Waals surface area contributed by atoms with Crippen LogP contribution in [-0.2, 0) is 9.53 Å². The maximum absolute atomic E-state index is 11.1. The number of nitrogens with one attached hydrogen (secondary N) is 1. The average molecular weight is 262 g/mol. The molecule has 0 aromatic carbocycles. The molecule has 0 spiro atoms. The predicted octanol–water partition coefficient (Wildman–Crippen LogP) is 3.01. The molecule has 1 N–H and O–H groups in total. The van der Waals surface area contributed by atoms with Crippen molar-refractivity contribution in [2.24, 2.45) is 0 Å². The number of halogens is 1. The maximum atomic E-state index is 11.1. The van der Waals surface area contributed by atoms with Gasteiger partial charge in [-0.3, -0.25) is 4.79 Å². The number of carbonyl (C=O) groups excluding carboxylic acids is 1. The highest BCUT2D eigenvalue weighted by Crippen LogP contribution is 2.24. The summed E-state index contributed by atoms with van der Waals surface area (Å²) in [5.74, 6) is -0.162. The van der Waals surface area contributed by atoms with E-state index in [4.69, 9.17) is 16.3 Å². The lowest BCUT2D eigenvalue weighted by molar-refractivity contribution is -0.143. The molecule has 1 atom stereocenters. The molecule has 0 radical (unpaired) electrons. The molecule has 90 valence electrons. The minimum Gasteiger partial charge on any atom is -0.466 e. The van der Waals surface area contributed by atoms with E-state index in [1.807, 2.05) is 18.4 Å². The van der Waals surface area contributed by atoms with Gasteiger partial charge in [-0.25, -0.2) is 0 Å². The number of ether oxygens (including phenoxy) is 1. The van der Waals surface area contributed by atoms with Crippen molar-refractivity contribution < 1.29 is 9.53 Å². The zero-order chi connectivity index (χ0) is 12.0. The summed E-state index contributed by atoms with van der Waals surface area (Å²) in [6.45, 7) is 4.91. The lowest BCUT2D eigenvalue weighted by Crippen LogP contribution is -2.22. The van der Waals surface area contributed by atoms with Crippen LogP contribution in [0.3, 0.4) is 0 Å². The molecule has 0 fully saturated rings. The number of carbonyl (C=O) groups is 1. The molecule has 16 heavy (non-hydrogen) atoms. The van der Waals surface area contributed by atoms with Crippen LogP contribution in [0.15, 0.2) is 11.4 Å². The Labute approximate surface area is 105 Å². The van der Waals surface area contributed by atoms with Crippen LogP contribution in [0.25, 0.3) is 0 Å². The van der Waals surface area contributed by atoms with Crippen LogP contribution in [0, 0.1) is 0 Å². The fourth-order valence-electron chi connectivity index (χ4n) is 1.29. The second kappa shape index (κ2) is 6.89. The van der Waals surface area contributed by atoms with E-state index in [1.54, 1.807) is 6.92 Å². The molecule has 1 unspecified atom stereocenters. The van der Waals surface area contributed by atoms with Gasteiger partial charge in [0.1, 0.15) is 0 Å². The van der Waals surface area contributed by atoms with E-state index in [2.05, 4.69) is 5.32 Å². The molecule has 5 heteroatoms. The third-order valence-electron chi connectivity index (χ3n) is 2.17. The quantitative estimate of drug-likeness (QED) is 0.800. The Morgan fingerprint density at radius 1 is 1.69 bits per heavy atom. The number of hydrogen-bond acceptors (Lipinski definition) is 4. The molecule has 0 aliphatic heterocycles. The molecule has 0 saturated carbocycles. The van der Waals surface area contributed by atoms with Gasteiger partial charge in [0.15, 0.2) is 0 Å². The minimum atomic E-state index is -0.162. The van der Waals surface area contributed by atoms with Gasteiger partial charge < -0.3 is 10.1 Å². The zero-order valence-corrected chi connectivity index (χ0v) is 11.0. The van der Waals surface area contributed by atoms with Crippen LogP contribution in [-0.4, -0.2) is 19.1 Å². The monoisotopic (exact) mass is 261 g/mol. The maximum Gasteiger partial charge on any atom is 0.307 e. The van der Waals surface area contributed by atoms with E-state index in [0.29, 0.717) is 19.6 Å². The zero-order valence-electron chi connectivity index (χ0n) is 9.46. The van der Waals surface area contributed by atoms with Gasteiger partial charge in [-0.15, -0.1) is 11.3 Å². The fraction of sp³-hybridized carbons (Fsp3) is 0.545. The highest BCUT2D eigenvalue weighted by Gasteiger charge is 2.08. The summed E-state index contributed by atoms with van der Waals surface area (Å²) in [6.07, 6.45) is 0.399. The predicted molar refractivity (Wildman–Crippen MR) is 67.0 cm³/mol. The fourth-order valence-corrected chi connectivity index (χ4v) is 2.28. The van der Waals surface area contributed by atoms with Crippen molar-refractivity contribution in [1.82, 2.24) is 5.32 Å². The Kier molecular flexibility index (Phi) is 5.80. The molecule has 0 aliphatic carbocycles. The second-order valence-electron chi connectivity index (χ2n) is 3.41. The third-order valence-corrected chi connectivity index (χ3v) is 3.28. The van der Waals surface area contributed by atoms with E-state index >= 15 is 0 Å². The SMILES string of the molecule is CCOC(=O)CCNC(C)c1csc(Cl)c1. The number of esters is 1. The molecule has 1 aromatic rings. The summed E-state index contributed by atoms with van der Waals surface area (Å²) in [4.78, 5) is 11.1. The van der Waals surface area contributed by atoms with Gasteiger partial charge in [0, 0.05) is 12.6 Å². The highest BCUT2D eigenvalue weighted by atomic mass is 35.5. The van der Waals surface area contributed by atoms with Gasteiger partial charge >= 0.3 is 5.97 Å². The van der Waals surface area contributed by atoms with Crippen molar-refractivity contribution in [1.29, 1.82) is 0 Å². The first-order valence-electron chi connectivity index (χ1n) is 5.26. The smallest absolute Gasteiger partial charge is 0.307 e. The van der Waals surface area contributed by atoms with Crippen molar-refractivity contribution in [3.05, 3.63) is 21.3 Å². The Bertz CT molecular complexity index is 340. The van der Waals surface area contributed by atoms with Gasteiger partial charge in [0.05, 0.1) is 17.4 Å². The normalized spacial score (nSPS) is 12.4. The molecule has 1 heterocycles. The molecule has 0 bridgehead atoms. The third kappa shape index (κ3) is 4.51. The summed E-state index contributed by atoms with van der Waals surface area (Å²) in [5.41, 5.74) is 1.15. The van der Waals surface area contributed by atoms with Crippen LogP contribution >= 0.6 is 22.9 Å². The van der Waals surface area contributed by atoms with Crippen molar-refractivity contribution in [2.75, 3.05) is 13.2 Å². The number of thiophene rings is 1. The van der Waals surface area contributed by atoms with E-state index in [-0.39, 0.29) is 12.0 Å². The number of rotatable bonds is 6. The van der Waals surface area contributed by atoms with E-state index in [9.17, 15) is 4.79 Å². The first-order valence-corrected chi connectivity index (χ1v) is 6.52. The van der Waals surface area contributed by atoms with E-state index < -0.39 is 0 Å². The molecule has 0 saturated heterocycles. The molecular formula is C11H16ClNO2S. The summed E-state index contributed by atoms with van der Waals surface area (Å²) in [6, 6.07) is 2.15. The van der Waals surface area contributed by atoms with Crippen LogP contribution in [0.2, 0.25) is 4.34 Å². The van der Waals surface area contributed by atoms with Crippen molar-refractivity contribution in [3.63, 3.8) is 0 Å². The Balaban J connectivity index is 2.25. The first-order chi connectivity index (χ1) is 7.63. The van der Waals surface area contributed by atoms with Gasteiger partial charge in [0.25, 0.3) is 0 Å². The Morgan fingerprint density at radius 3 is 3.00 bits per heavy atom. The molecular weight excluding hydrogens is 246 g/mol. The van der Waals surface area contributed by atoms with E-state index in [0.717, 1.165) is 9.90 Å². The largest absolute Gasteiger partial charge is 0.466 e. The lowest BCUT2D eigenvalue weighted by Gasteiger charge is -2.11. The molecule has 1 aromatic heterocycles. The highest BCUT2D eigenvalue weighted by molar-refractivity contribution is 7.14. The molecule has 0 aliphatic rings. The van der Waals surface area contributed by atoms with Crippen molar-refractivity contribution in [2.45, 2.75) is 26.3 Å². The summed E-state index contributed by atoms with van der Waals surface area (Å²) in [5, 5.41) is 5.27. The summed E-state index contributed by atoms with van der Waals surface area (Å²) >= 11 is 7.36. The standard InChI is InChI=1S/C11H16ClNO2S/c1-3-15-11(14)4-5-13-8(2)9-6-10(12)16-7-9/h6-8,13H,3-5H2,1-2H3. The molecule has 3 nitrogen and oxygen atoms in total. The van der Waals surface area contributed by atoms with Crippen molar-refractivity contribution >= 4 is 28.9 Å². The molecule has 0 amide bonds. The Morgan fingerprint density at radius 2 is 2.44 bits per heavy atom. The van der Waals surface area contributed by atoms with Crippen LogP contribution in [0.4, 0.5) is 0 Å². The summed E-state index contributed by atoms with van der Waals surface area (Å²) in [7, 11) is 0. The average Bonchev–Trinajstić information content (AvgIpc) is 2.65. The van der Waals surface area contributed by atoms with E-state index in [1.165, 1.54) is 11.3 Å². The lowest BCUT2D eigenvalue weighted by atomic mass is 10.2.